The van der Waals surface area contributed by atoms with Crippen LogP contribution in [0, 0.1) is 0 Å². The van der Waals surface area contributed by atoms with Crippen molar-refractivity contribution in [1.29, 1.82) is 0 Å². The molecule has 2 aromatic rings. The number of imidazole rings is 1. The summed E-state index contributed by atoms with van der Waals surface area (Å²) >= 11 is 1.37. The van der Waals surface area contributed by atoms with Crippen molar-refractivity contribution in [3.05, 3.63) is 11.6 Å². The molecule has 0 bridgehead atoms. The van der Waals surface area contributed by atoms with E-state index in [2.05, 4.69) is 10.3 Å². The lowest BCUT2D eigenvalue weighted by Gasteiger charge is -2.31. The minimum absolute atomic E-state index is 0.125. The number of rotatable bonds is 4. The van der Waals surface area contributed by atoms with Crippen LogP contribution in [0.4, 0.5) is 5.82 Å². The van der Waals surface area contributed by atoms with Crippen molar-refractivity contribution in [1.82, 2.24) is 13.7 Å². The van der Waals surface area contributed by atoms with E-state index in [1.54, 1.807) is 23.0 Å². The molecule has 0 saturated carbocycles. The van der Waals surface area contributed by atoms with Gasteiger partial charge in [0.15, 0.2) is 15.8 Å². The molecule has 2 aromatic heterocycles. The molecule has 116 valence electrons. The monoisotopic (exact) mass is 332 g/mol. The third kappa shape index (κ3) is 2.42. The second-order valence-electron chi connectivity index (χ2n) is 4.61. The summed E-state index contributed by atoms with van der Waals surface area (Å²) in [6.45, 7) is 0.467. The minimum Gasteiger partial charge on any atom is -0.394 e. The number of hydrogen-bond acceptors (Lipinski definition) is 7. The lowest BCUT2D eigenvalue weighted by molar-refractivity contribution is -0.0305. The SMILES string of the molecule is CNc1nc2sccn2c1S(=O)(=O)N1CCOC(CO)C1. The van der Waals surface area contributed by atoms with Crippen LogP contribution in [0.5, 0.6) is 0 Å². The summed E-state index contributed by atoms with van der Waals surface area (Å²) in [5.41, 5.74) is 0. The fourth-order valence-electron chi connectivity index (χ4n) is 2.32. The molecule has 1 atom stereocenters. The molecule has 1 aliphatic rings. The van der Waals surface area contributed by atoms with Crippen LogP contribution in [-0.4, -0.2) is 66.7 Å². The van der Waals surface area contributed by atoms with Crippen molar-refractivity contribution >= 4 is 32.1 Å². The summed E-state index contributed by atoms with van der Waals surface area (Å²) in [6.07, 6.45) is 1.20. The Hall–Kier alpha value is -1.20. The Kier molecular flexibility index (Phi) is 3.88. The number of sulfonamides is 1. The highest BCUT2D eigenvalue weighted by Crippen LogP contribution is 2.28. The van der Waals surface area contributed by atoms with Crippen LogP contribution in [-0.2, 0) is 14.8 Å². The quantitative estimate of drug-likeness (QED) is 0.806. The summed E-state index contributed by atoms with van der Waals surface area (Å²) in [7, 11) is -2.07. The number of morpholine rings is 1. The van der Waals surface area contributed by atoms with E-state index in [1.165, 1.54) is 15.6 Å². The van der Waals surface area contributed by atoms with Crippen molar-refractivity contribution in [3.63, 3.8) is 0 Å². The summed E-state index contributed by atoms with van der Waals surface area (Å²) in [4.78, 5) is 4.89. The van der Waals surface area contributed by atoms with Gasteiger partial charge in [0, 0.05) is 31.7 Å². The number of aromatic nitrogens is 2. The van der Waals surface area contributed by atoms with Gasteiger partial charge in [-0.3, -0.25) is 4.40 Å². The number of aliphatic hydroxyl groups is 1. The highest BCUT2D eigenvalue weighted by Gasteiger charge is 2.35. The van der Waals surface area contributed by atoms with E-state index in [4.69, 9.17) is 9.84 Å². The van der Waals surface area contributed by atoms with Gasteiger partial charge in [0.1, 0.15) is 0 Å². The molecule has 0 aliphatic carbocycles. The molecule has 3 heterocycles. The maximum Gasteiger partial charge on any atom is 0.263 e. The molecule has 21 heavy (non-hydrogen) atoms. The number of nitrogens with zero attached hydrogens (tertiary/aromatic N) is 3. The van der Waals surface area contributed by atoms with Crippen LogP contribution in [0.25, 0.3) is 4.96 Å². The first kappa shape index (κ1) is 14.7. The Labute approximate surface area is 126 Å². The molecule has 10 heteroatoms. The minimum atomic E-state index is -3.71. The molecule has 1 fully saturated rings. The fraction of sp³-hybridized carbons (Fsp3) is 0.545. The molecule has 0 aromatic carbocycles. The predicted octanol–water partition coefficient (Wildman–Crippen LogP) is -0.181. The summed E-state index contributed by atoms with van der Waals surface area (Å²) in [6, 6.07) is 0. The molecular weight excluding hydrogens is 316 g/mol. The molecule has 2 N–H and O–H groups in total. The number of nitrogens with one attached hydrogen (secondary N) is 1. The van der Waals surface area contributed by atoms with E-state index in [0.29, 0.717) is 10.8 Å². The van der Waals surface area contributed by atoms with Crippen LogP contribution < -0.4 is 5.32 Å². The van der Waals surface area contributed by atoms with Gasteiger partial charge in [-0.05, 0) is 0 Å². The van der Waals surface area contributed by atoms with Crippen LogP contribution in [0.15, 0.2) is 16.6 Å². The van der Waals surface area contributed by atoms with Crippen molar-refractivity contribution in [2.24, 2.45) is 0 Å². The Morgan fingerprint density at radius 1 is 1.62 bits per heavy atom. The highest BCUT2D eigenvalue weighted by atomic mass is 32.2. The maximum atomic E-state index is 12.9. The maximum absolute atomic E-state index is 12.9. The van der Waals surface area contributed by atoms with Gasteiger partial charge in [-0.2, -0.15) is 4.31 Å². The Morgan fingerprint density at radius 2 is 2.43 bits per heavy atom. The predicted molar refractivity (Wildman–Crippen MR) is 78.2 cm³/mol. The lowest BCUT2D eigenvalue weighted by Crippen LogP contribution is -2.47. The largest absolute Gasteiger partial charge is 0.394 e. The number of aliphatic hydroxyl groups excluding tert-OH is 1. The van der Waals surface area contributed by atoms with Gasteiger partial charge in [-0.1, -0.05) is 0 Å². The van der Waals surface area contributed by atoms with Crippen LogP contribution >= 0.6 is 11.3 Å². The van der Waals surface area contributed by atoms with Gasteiger partial charge in [0.2, 0.25) is 0 Å². The summed E-state index contributed by atoms with van der Waals surface area (Å²) < 4.78 is 34.0. The number of fused-ring (bicyclic) bond motifs is 1. The van der Waals surface area contributed by atoms with Crippen molar-refractivity contribution < 1.29 is 18.3 Å². The third-order valence-electron chi connectivity index (χ3n) is 3.34. The van der Waals surface area contributed by atoms with Gasteiger partial charge < -0.3 is 15.2 Å². The number of hydrogen-bond donors (Lipinski definition) is 2. The standard InChI is InChI=1S/C11H16N4O4S2/c1-12-9-10(15-3-5-20-11(15)13-9)21(17,18)14-2-4-19-8(6-14)7-16/h3,5,8,12,16H,2,4,6-7H2,1H3. The first-order valence-corrected chi connectivity index (χ1v) is 8.76. The zero-order chi connectivity index (χ0) is 15.0. The average molecular weight is 332 g/mol. The zero-order valence-electron chi connectivity index (χ0n) is 11.4. The topological polar surface area (TPSA) is 96.2 Å². The van der Waals surface area contributed by atoms with E-state index in [9.17, 15) is 8.42 Å². The van der Waals surface area contributed by atoms with Gasteiger partial charge in [0.05, 0.1) is 19.3 Å². The fourth-order valence-corrected chi connectivity index (χ4v) is 4.80. The first-order valence-electron chi connectivity index (χ1n) is 6.44. The third-order valence-corrected chi connectivity index (χ3v) is 5.99. The van der Waals surface area contributed by atoms with Crippen molar-refractivity contribution in [3.8, 4) is 0 Å². The van der Waals surface area contributed by atoms with Gasteiger partial charge in [0.25, 0.3) is 10.0 Å². The van der Waals surface area contributed by atoms with E-state index >= 15 is 0 Å². The van der Waals surface area contributed by atoms with Gasteiger partial charge in [-0.25, -0.2) is 13.4 Å². The Morgan fingerprint density at radius 3 is 3.14 bits per heavy atom. The molecule has 1 saturated heterocycles. The number of thiazole rings is 1. The van der Waals surface area contributed by atoms with Crippen LogP contribution in [0.2, 0.25) is 0 Å². The molecule has 1 aliphatic heterocycles. The molecule has 0 radical (unpaired) electrons. The van der Waals surface area contributed by atoms with Crippen molar-refractivity contribution in [2.75, 3.05) is 38.7 Å². The van der Waals surface area contributed by atoms with Gasteiger partial charge in [-0.15, -0.1) is 11.3 Å². The first-order chi connectivity index (χ1) is 10.1. The second-order valence-corrected chi connectivity index (χ2v) is 7.34. The van der Waals surface area contributed by atoms with Crippen molar-refractivity contribution in [2.45, 2.75) is 11.1 Å². The molecule has 3 rings (SSSR count). The van der Waals surface area contributed by atoms with E-state index in [-0.39, 0.29) is 31.3 Å². The summed E-state index contributed by atoms with van der Waals surface area (Å²) in [5.74, 6) is 0.328. The normalized spacial score (nSPS) is 21.0. The van der Waals surface area contributed by atoms with E-state index < -0.39 is 16.1 Å². The number of ether oxygens (including phenoxy) is 1. The Balaban J connectivity index is 2.05. The lowest BCUT2D eigenvalue weighted by atomic mass is 10.3. The molecule has 0 amide bonds. The number of anilines is 1. The van der Waals surface area contributed by atoms with Crippen LogP contribution in [0.1, 0.15) is 0 Å². The second kappa shape index (κ2) is 5.54. The smallest absolute Gasteiger partial charge is 0.263 e. The Bertz CT molecular complexity index is 739. The van der Waals surface area contributed by atoms with Crippen LogP contribution in [0.3, 0.4) is 0 Å². The zero-order valence-corrected chi connectivity index (χ0v) is 13.0. The average Bonchev–Trinajstić information content (AvgIpc) is 3.06. The highest BCUT2D eigenvalue weighted by molar-refractivity contribution is 7.89. The van der Waals surface area contributed by atoms with E-state index in [0.717, 1.165) is 0 Å². The van der Waals surface area contributed by atoms with E-state index in [1.807, 2.05) is 0 Å². The molecular formula is C11H16N4O4S2. The van der Waals surface area contributed by atoms with Gasteiger partial charge >= 0.3 is 0 Å². The summed E-state index contributed by atoms with van der Waals surface area (Å²) in [5, 5.41) is 13.9. The molecule has 0 spiro atoms. The molecule has 8 nitrogen and oxygen atoms in total. The molecule has 1 unspecified atom stereocenters.